The lowest BCUT2D eigenvalue weighted by Gasteiger charge is -2.00. The molecule has 0 atom stereocenters. The largest absolute Gasteiger partial charge is 0.497 e. The number of nitrogens with zero attached hydrogens (tertiary/aromatic N) is 5. The number of benzene rings is 1. The van der Waals surface area contributed by atoms with Crippen LogP contribution < -0.4 is 4.74 Å². The molecule has 0 aliphatic rings. The quantitative estimate of drug-likeness (QED) is 0.711. The Kier molecular flexibility index (Phi) is 2.89. The molecule has 0 amide bonds. The van der Waals surface area contributed by atoms with E-state index in [1.807, 2.05) is 42.5 Å². The van der Waals surface area contributed by atoms with E-state index >= 15 is 0 Å². The predicted molar refractivity (Wildman–Crippen MR) is 68.9 cm³/mol. The van der Waals surface area contributed by atoms with Gasteiger partial charge in [-0.25, -0.2) is 0 Å². The highest BCUT2D eigenvalue weighted by molar-refractivity contribution is 5.47. The molecule has 2 heterocycles. The fourth-order valence-electron chi connectivity index (χ4n) is 1.64. The highest BCUT2D eigenvalue weighted by Gasteiger charge is 2.07. The first kappa shape index (κ1) is 11.3. The van der Waals surface area contributed by atoms with Crippen LogP contribution in [-0.2, 0) is 0 Å². The van der Waals surface area contributed by atoms with Gasteiger partial charge in [-0.1, -0.05) is 6.07 Å². The Hall–Kier alpha value is -2.76. The topological polar surface area (TPSA) is 65.7 Å². The summed E-state index contributed by atoms with van der Waals surface area (Å²) in [5.41, 5.74) is 1.51. The molecule has 0 aliphatic carbocycles. The first-order valence-electron chi connectivity index (χ1n) is 5.73. The third kappa shape index (κ3) is 2.28. The molecule has 0 fully saturated rings. The average Bonchev–Trinajstić information content (AvgIpc) is 2.98. The van der Waals surface area contributed by atoms with Gasteiger partial charge < -0.3 is 4.74 Å². The van der Waals surface area contributed by atoms with Gasteiger partial charge in [0.05, 0.1) is 12.8 Å². The van der Waals surface area contributed by atoms with Crippen LogP contribution in [0.1, 0.15) is 0 Å². The van der Waals surface area contributed by atoms with Crippen LogP contribution in [0.15, 0.2) is 48.7 Å². The summed E-state index contributed by atoms with van der Waals surface area (Å²) in [5.74, 6) is 1.28. The summed E-state index contributed by atoms with van der Waals surface area (Å²) in [4.78, 5) is 5.65. The number of rotatable bonds is 3. The van der Waals surface area contributed by atoms with Crippen LogP contribution in [0.25, 0.3) is 17.2 Å². The number of aromatic nitrogens is 5. The van der Waals surface area contributed by atoms with Crippen molar-refractivity contribution in [2.24, 2.45) is 0 Å². The third-order valence-electron chi connectivity index (χ3n) is 2.61. The minimum Gasteiger partial charge on any atom is -0.497 e. The molecule has 6 nitrogen and oxygen atoms in total. The van der Waals surface area contributed by atoms with Gasteiger partial charge in [0.1, 0.15) is 11.4 Å². The van der Waals surface area contributed by atoms with E-state index in [9.17, 15) is 0 Å². The summed E-state index contributed by atoms with van der Waals surface area (Å²) in [5, 5.41) is 12.3. The minimum absolute atomic E-state index is 0.497. The van der Waals surface area contributed by atoms with E-state index < -0.39 is 0 Å². The Balaban J connectivity index is 1.92. The summed E-state index contributed by atoms with van der Waals surface area (Å²) in [6, 6.07) is 13.0. The van der Waals surface area contributed by atoms with Crippen molar-refractivity contribution in [3.8, 4) is 23.0 Å². The van der Waals surface area contributed by atoms with Gasteiger partial charge in [-0.3, -0.25) is 4.98 Å². The molecule has 1 aromatic carbocycles. The van der Waals surface area contributed by atoms with E-state index in [4.69, 9.17) is 4.74 Å². The van der Waals surface area contributed by atoms with E-state index in [0.29, 0.717) is 11.5 Å². The van der Waals surface area contributed by atoms with E-state index in [1.165, 1.54) is 4.80 Å². The molecular weight excluding hydrogens is 242 g/mol. The maximum atomic E-state index is 5.10. The molecule has 19 heavy (non-hydrogen) atoms. The number of hydrogen-bond acceptors (Lipinski definition) is 5. The number of methoxy groups -OCH3 is 1. The minimum atomic E-state index is 0.497. The number of ether oxygens (including phenoxy) is 1. The zero-order chi connectivity index (χ0) is 13.1. The summed E-state index contributed by atoms with van der Waals surface area (Å²) in [6.07, 6.45) is 1.70. The average molecular weight is 253 g/mol. The fourth-order valence-corrected chi connectivity index (χ4v) is 1.64. The van der Waals surface area contributed by atoms with Crippen LogP contribution in [-0.4, -0.2) is 32.3 Å². The zero-order valence-electron chi connectivity index (χ0n) is 10.3. The number of pyridine rings is 1. The van der Waals surface area contributed by atoms with E-state index in [2.05, 4.69) is 20.4 Å². The highest BCUT2D eigenvalue weighted by atomic mass is 16.5. The maximum Gasteiger partial charge on any atom is 0.223 e. The van der Waals surface area contributed by atoms with Crippen LogP contribution in [0, 0.1) is 0 Å². The molecule has 2 aromatic heterocycles. The molecule has 3 aromatic rings. The second-order valence-electron chi connectivity index (χ2n) is 3.82. The van der Waals surface area contributed by atoms with Gasteiger partial charge in [-0.15, -0.1) is 15.0 Å². The van der Waals surface area contributed by atoms with Gasteiger partial charge in [0.2, 0.25) is 5.82 Å². The van der Waals surface area contributed by atoms with E-state index in [0.717, 1.165) is 11.4 Å². The molecule has 0 radical (unpaired) electrons. The maximum absolute atomic E-state index is 5.10. The van der Waals surface area contributed by atoms with Crippen LogP contribution in [0.5, 0.6) is 5.75 Å². The lowest BCUT2D eigenvalue weighted by atomic mass is 10.3. The van der Waals surface area contributed by atoms with E-state index in [1.54, 1.807) is 13.3 Å². The summed E-state index contributed by atoms with van der Waals surface area (Å²) < 4.78 is 5.10. The van der Waals surface area contributed by atoms with Crippen molar-refractivity contribution in [2.45, 2.75) is 0 Å². The Labute approximate surface area is 109 Å². The second-order valence-corrected chi connectivity index (χ2v) is 3.82. The van der Waals surface area contributed by atoms with Gasteiger partial charge in [-0.2, -0.15) is 0 Å². The van der Waals surface area contributed by atoms with Gasteiger partial charge in [0.25, 0.3) is 0 Å². The van der Waals surface area contributed by atoms with Gasteiger partial charge in [0.15, 0.2) is 0 Å². The second kappa shape index (κ2) is 4.85. The molecule has 0 N–H and O–H groups in total. The molecule has 6 heteroatoms. The summed E-state index contributed by atoms with van der Waals surface area (Å²) in [6.45, 7) is 0. The monoisotopic (exact) mass is 253 g/mol. The molecule has 0 unspecified atom stereocenters. The van der Waals surface area contributed by atoms with Gasteiger partial charge in [-0.05, 0) is 41.6 Å². The zero-order valence-corrected chi connectivity index (χ0v) is 10.3. The SMILES string of the molecule is COc1ccc(-n2nnc(-c3ccccn3)n2)cc1. The molecule has 0 aliphatic heterocycles. The van der Waals surface area contributed by atoms with Crippen molar-refractivity contribution in [3.63, 3.8) is 0 Å². The van der Waals surface area contributed by atoms with Crippen LogP contribution in [0.3, 0.4) is 0 Å². The highest BCUT2D eigenvalue weighted by Crippen LogP contribution is 2.15. The molecule has 0 saturated carbocycles. The standard InChI is InChI=1S/C13H11N5O/c1-19-11-7-5-10(6-8-11)18-16-13(15-17-18)12-4-2-3-9-14-12/h2-9H,1H3. The predicted octanol–water partition coefficient (Wildman–Crippen LogP) is 1.73. The molecule has 3 rings (SSSR count). The van der Waals surface area contributed by atoms with Crippen molar-refractivity contribution >= 4 is 0 Å². The van der Waals surface area contributed by atoms with Crippen LogP contribution in [0.2, 0.25) is 0 Å². The molecular formula is C13H11N5O. The molecule has 0 bridgehead atoms. The lowest BCUT2D eigenvalue weighted by molar-refractivity contribution is 0.414. The fraction of sp³-hybridized carbons (Fsp3) is 0.0769. The lowest BCUT2D eigenvalue weighted by Crippen LogP contribution is -1.98. The van der Waals surface area contributed by atoms with E-state index in [-0.39, 0.29) is 0 Å². The number of hydrogen-bond donors (Lipinski definition) is 0. The molecule has 0 spiro atoms. The Bertz CT molecular complexity index is 663. The number of tetrazole rings is 1. The van der Waals surface area contributed by atoms with Crippen LogP contribution in [0.4, 0.5) is 0 Å². The normalized spacial score (nSPS) is 10.4. The van der Waals surface area contributed by atoms with Crippen molar-refractivity contribution in [1.29, 1.82) is 0 Å². The smallest absolute Gasteiger partial charge is 0.223 e. The molecule has 94 valence electrons. The Morgan fingerprint density at radius 2 is 1.89 bits per heavy atom. The Morgan fingerprint density at radius 1 is 1.05 bits per heavy atom. The van der Waals surface area contributed by atoms with Crippen molar-refractivity contribution in [2.75, 3.05) is 7.11 Å². The van der Waals surface area contributed by atoms with Crippen molar-refractivity contribution in [1.82, 2.24) is 25.2 Å². The Morgan fingerprint density at radius 3 is 2.58 bits per heavy atom. The summed E-state index contributed by atoms with van der Waals surface area (Å²) >= 11 is 0. The van der Waals surface area contributed by atoms with Gasteiger partial charge >= 0.3 is 0 Å². The van der Waals surface area contributed by atoms with Crippen LogP contribution >= 0.6 is 0 Å². The van der Waals surface area contributed by atoms with Crippen molar-refractivity contribution in [3.05, 3.63) is 48.7 Å². The summed E-state index contributed by atoms with van der Waals surface area (Å²) in [7, 11) is 1.63. The van der Waals surface area contributed by atoms with Gasteiger partial charge in [0, 0.05) is 6.20 Å². The molecule has 0 saturated heterocycles. The first-order chi connectivity index (χ1) is 9.36. The van der Waals surface area contributed by atoms with Crippen molar-refractivity contribution < 1.29 is 4.74 Å². The first-order valence-corrected chi connectivity index (χ1v) is 5.73. The third-order valence-corrected chi connectivity index (χ3v) is 2.61.